The van der Waals surface area contributed by atoms with Crippen LogP contribution in [-0.2, 0) is 11.4 Å². The number of likely N-dealkylation sites (tertiary alicyclic amines) is 1. The molecule has 1 aromatic carbocycles. The van der Waals surface area contributed by atoms with E-state index in [1.165, 1.54) is 6.07 Å². The second kappa shape index (κ2) is 8.82. The molecule has 5 rings (SSSR count). The lowest BCUT2D eigenvalue weighted by Crippen LogP contribution is -2.72. The minimum Gasteiger partial charge on any atom is -0.396 e. The number of pyridine rings is 1. The second-order valence-electron chi connectivity index (χ2n) is 8.64. The molecule has 0 unspecified atom stereocenters. The molecular formula is C24H24F2N6O. The average molecular weight is 450 g/mol. The first-order valence-electron chi connectivity index (χ1n) is 10.9. The van der Waals surface area contributed by atoms with Crippen LogP contribution in [0.15, 0.2) is 60.4 Å². The summed E-state index contributed by atoms with van der Waals surface area (Å²) < 4.78 is 27.1. The topological polar surface area (TPSA) is 66.7 Å². The summed E-state index contributed by atoms with van der Waals surface area (Å²) in [6, 6.07) is 7.47. The lowest BCUT2D eigenvalue weighted by molar-refractivity contribution is -0.0274. The molecular weight excluding hydrogens is 426 g/mol. The average Bonchev–Trinajstić information content (AvgIpc) is 2.78. The normalized spacial score (nSPS) is 17.5. The van der Waals surface area contributed by atoms with Crippen molar-refractivity contribution in [1.82, 2.24) is 19.9 Å². The van der Waals surface area contributed by atoms with E-state index in [0.29, 0.717) is 29.0 Å². The van der Waals surface area contributed by atoms with Gasteiger partial charge in [0.2, 0.25) is 0 Å². The van der Waals surface area contributed by atoms with Gasteiger partial charge in [0.25, 0.3) is 0 Å². The van der Waals surface area contributed by atoms with E-state index in [0.717, 1.165) is 56.1 Å². The van der Waals surface area contributed by atoms with Crippen LogP contribution in [0, 0.1) is 17.0 Å². The third kappa shape index (κ3) is 4.41. The number of hydrogen-bond acceptors (Lipinski definition) is 7. The van der Waals surface area contributed by atoms with Crippen molar-refractivity contribution in [2.45, 2.75) is 13.5 Å². The van der Waals surface area contributed by atoms with Crippen molar-refractivity contribution >= 4 is 11.4 Å². The lowest BCUT2D eigenvalue weighted by atomic mass is 9.72. The van der Waals surface area contributed by atoms with Gasteiger partial charge in [-0.2, -0.15) is 0 Å². The first kappa shape index (κ1) is 21.4. The van der Waals surface area contributed by atoms with Crippen molar-refractivity contribution in [1.29, 1.82) is 0 Å². The minimum atomic E-state index is -0.936. The molecule has 0 amide bonds. The Balaban J connectivity index is 1.20. The first-order chi connectivity index (χ1) is 16.0. The molecule has 7 nitrogen and oxygen atoms in total. The molecule has 3 aromatic rings. The predicted octanol–water partition coefficient (Wildman–Crippen LogP) is 3.26. The number of rotatable bonds is 7. The summed E-state index contributed by atoms with van der Waals surface area (Å²) in [6.07, 6.45) is 7.06. The molecule has 9 heteroatoms. The maximum absolute atomic E-state index is 13.7. The van der Waals surface area contributed by atoms with Crippen LogP contribution in [0.4, 0.5) is 14.5 Å². The Morgan fingerprint density at radius 2 is 1.82 bits per heavy atom. The molecule has 1 spiro atoms. The summed E-state index contributed by atoms with van der Waals surface area (Å²) >= 11 is 0. The van der Waals surface area contributed by atoms with E-state index in [4.69, 9.17) is 4.84 Å². The fraction of sp³-hybridized carbons (Fsp3) is 0.333. The SMILES string of the molecule is CCO/N=C(\c1ccc(F)c(F)c1)c1ccc(CN2CC3(C2)CN(c2cncnc2)C3)cn1. The van der Waals surface area contributed by atoms with Gasteiger partial charge in [-0.3, -0.25) is 9.88 Å². The highest BCUT2D eigenvalue weighted by atomic mass is 19.2. The van der Waals surface area contributed by atoms with E-state index in [-0.39, 0.29) is 0 Å². The molecule has 2 aromatic heterocycles. The summed E-state index contributed by atoms with van der Waals surface area (Å²) in [4.78, 5) is 22.6. The maximum atomic E-state index is 13.7. The molecule has 0 aliphatic carbocycles. The van der Waals surface area contributed by atoms with Gasteiger partial charge >= 0.3 is 0 Å². The van der Waals surface area contributed by atoms with Crippen LogP contribution in [-0.4, -0.2) is 58.3 Å². The highest BCUT2D eigenvalue weighted by molar-refractivity contribution is 6.11. The van der Waals surface area contributed by atoms with Crippen LogP contribution in [0.2, 0.25) is 0 Å². The van der Waals surface area contributed by atoms with Crippen molar-refractivity contribution in [2.75, 3.05) is 37.7 Å². The molecule has 4 heterocycles. The summed E-state index contributed by atoms with van der Waals surface area (Å²) in [5, 5.41) is 4.08. The highest BCUT2D eigenvalue weighted by Crippen LogP contribution is 2.42. The zero-order valence-corrected chi connectivity index (χ0v) is 18.3. The molecule has 0 saturated carbocycles. The van der Waals surface area contributed by atoms with E-state index >= 15 is 0 Å². The molecule has 0 N–H and O–H groups in total. The van der Waals surface area contributed by atoms with E-state index in [2.05, 4.69) is 29.9 Å². The zero-order chi connectivity index (χ0) is 22.8. The van der Waals surface area contributed by atoms with Gasteiger partial charge in [0.05, 0.1) is 23.8 Å². The van der Waals surface area contributed by atoms with Crippen LogP contribution in [0.1, 0.15) is 23.7 Å². The van der Waals surface area contributed by atoms with Gasteiger partial charge in [0.1, 0.15) is 18.6 Å². The smallest absolute Gasteiger partial charge is 0.159 e. The van der Waals surface area contributed by atoms with Crippen LogP contribution < -0.4 is 4.90 Å². The van der Waals surface area contributed by atoms with E-state index in [9.17, 15) is 8.78 Å². The van der Waals surface area contributed by atoms with Gasteiger partial charge < -0.3 is 9.74 Å². The highest BCUT2D eigenvalue weighted by Gasteiger charge is 2.51. The largest absolute Gasteiger partial charge is 0.396 e. The van der Waals surface area contributed by atoms with Gasteiger partial charge in [0.15, 0.2) is 11.6 Å². The van der Waals surface area contributed by atoms with E-state index < -0.39 is 11.6 Å². The minimum absolute atomic E-state index is 0.354. The molecule has 2 saturated heterocycles. The van der Waals surface area contributed by atoms with Gasteiger partial charge in [-0.25, -0.2) is 18.7 Å². The second-order valence-corrected chi connectivity index (χ2v) is 8.64. The number of benzene rings is 1. The number of halogens is 2. The Morgan fingerprint density at radius 3 is 2.48 bits per heavy atom. The molecule has 2 fully saturated rings. The Kier molecular flexibility index (Phi) is 5.72. The Labute approximate surface area is 190 Å². The van der Waals surface area contributed by atoms with Gasteiger partial charge in [-0.1, -0.05) is 11.2 Å². The summed E-state index contributed by atoms with van der Waals surface area (Å²) in [5.74, 6) is -1.84. The van der Waals surface area contributed by atoms with Crippen LogP contribution in [0.25, 0.3) is 0 Å². The van der Waals surface area contributed by atoms with E-state index in [1.54, 1.807) is 19.4 Å². The third-order valence-corrected chi connectivity index (χ3v) is 6.03. The van der Waals surface area contributed by atoms with Crippen LogP contribution >= 0.6 is 0 Å². The fourth-order valence-electron chi connectivity index (χ4n) is 4.55. The molecule has 2 aliphatic heterocycles. The van der Waals surface area contributed by atoms with Crippen molar-refractivity contribution in [3.8, 4) is 0 Å². The van der Waals surface area contributed by atoms with Crippen LogP contribution in [0.5, 0.6) is 0 Å². The maximum Gasteiger partial charge on any atom is 0.159 e. The van der Waals surface area contributed by atoms with E-state index in [1.807, 2.05) is 24.5 Å². The zero-order valence-electron chi connectivity index (χ0n) is 18.3. The van der Waals surface area contributed by atoms with Gasteiger partial charge in [-0.15, -0.1) is 0 Å². The Bertz CT molecular complexity index is 1140. The Morgan fingerprint density at radius 1 is 1.03 bits per heavy atom. The molecule has 170 valence electrons. The number of anilines is 1. The van der Waals surface area contributed by atoms with Crippen molar-refractivity contribution in [3.63, 3.8) is 0 Å². The fourth-order valence-corrected chi connectivity index (χ4v) is 4.55. The van der Waals surface area contributed by atoms with Crippen molar-refractivity contribution in [2.24, 2.45) is 10.6 Å². The number of oxime groups is 1. The predicted molar refractivity (Wildman–Crippen MR) is 120 cm³/mol. The molecule has 0 radical (unpaired) electrons. The Hall–Kier alpha value is -3.46. The number of hydrogen-bond donors (Lipinski definition) is 0. The lowest BCUT2D eigenvalue weighted by Gasteiger charge is -2.61. The quantitative estimate of drug-likeness (QED) is 0.407. The molecule has 0 atom stereocenters. The summed E-state index contributed by atoms with van der Waals surface area (Å²) in [5.41, 5.74) is 3.83. The number of aromatic nitrogens is 3. The van der Waals surface area contributed by atoms with Crippen molar-refractivity contribution in [3.05, 3.63) is 83.7 Å². The monoisotopic (exact) mass is 450 g/mol. The molecule has 33 heavy (non-hydrogen) atoms. The standard InChI is InChI=1S/C24H24F2N6O/c1-2-33-30-23(18-4-5-20(25)21(26)7-18)22-6-3-17(8-29-22)11-31-12-24(13-31)14-32(15-24)19-9-27-16-28-10-19/h3-10,16H,2,11-15H2,1H3/b30-23+. The van der Waals surface area contributed by atoms with Crippen LogP contribution in [0.3, 0.4) is 0 Å². The molecule has 0 bridgehead atoms. The summed E-state index contributed by atoms with van der Waals surface area (Å²) in [7, 11) is 0. The molecule has 2 aliphatic rings. The first-order valence-corrected chi connectivity index (χ1v) is 10.9. The van der Waals surface area contributed by atoms with Crippen molar-refractivity contribution < 1.29 is 13.6 Å². The summed E-state index contributed by atoms with van der Waals surface area (Å²) in [6.45, 7) is 7.12. The van der Waals surface area contributed by atoms with Gasteiger partial charge in [0, 0.05) is 49.9 Å². The number of nitrogens with zero attached hydrogens (tertiary/aromatic N) is 6. The third-order valence-electron chi connectivity index (χ3n) is 6.03. The van der Waals surface area contributed by atoms with Gasteiger partial charge in [-0.05, 0) is 36.8 Å².